The minimum atomic E-state index is -0.317. The van der Waals surface area contributed by atoms with E-state index in [-0.39, 0.29) is 12.0 Å². The Bertz CT molecular complexity index is 769. The Hall–Kier alpha value is -2.00. The first-order valence-electron chi connectivity index (χ1n) is 8.54. The molecule has 2 rings (SSSR count). The smallest absolute Gasteiger partial charge is 0.350 e. The van der Waals surface area contributed by atoms with Gasteiger partial charge in [0.15, 0.2) is 5.96 Å². The third-order valence-corrected chi connectivity index (χ3v) is 5.81. The van der Waals surface area contributed by atoms with E-state index < -0.39 is 0 Å². The maximum atomic E-state index is 12.0. The van der Waals surface area contributed by atoms with Gasteiger partial charge in [-0.2, -0.15) is 0 Å². The van der Waals surface area contributed by atoms with Crippen LogP contribution in [0.1, 0.15) is 57.8 Å². The largest absolute Gasteiger partial charge is 0.462 e. The normalized spacial score (nSPS) is 12.7. The van der Waals surface area contributed by atoms with Crippen molar-refractivity contribution in [1.82, 2.24) is 20.6 Å². The van der Waals surface area contributed by atoms with Crippen LogP contribution in [0.5, 0.6) is 0 Å². The fraction of sp³-hybridized carbons (Fsp3) is 0.529. The number of aryl methyl sites for hydroxylation is 2. The summed E-state index contributed by atoms with van der Waals surface area (Å²) in [5, 5.41) is 7.41. The zero-order chi connectivity index (χ0) is 19.1. The van der Waals surface area contributed by atoms with Gasteiger partial charge in [-0.1, -0.05) is 0 Å². The van der Waals surface area contributed by atoms with E-state index in [0.29, 0.717) is 29.7 Å². The minimum absolute atomic E-state index is 0.0813. The Morgan fingerprint density at radius 1 is 1.35 bits per heavy atom. The summed E-state index contributed by atoms with van der Waals surface area (Å²) in [5.41, 5.74) is 3.54. The highest BCUT2D eigenvalue weighted by molar-refractivity contribution is 7.13. The summed E-state index contributed by atoms with van der Waals surface area (Å²) in [6, 6.07) is -0.0813. The first-order valence-corrected chi connectivity index (χ1v) is 10.2. The summed E-state index contributed by atoms with van der Waals surface area (Å²) in [7, 11) is 0. The summed E-state index contributed by atoms with van der Waals surface area (Å²) in [6.45, 7) is 11.3. The highest BCUT2D eigenvalue weighted by Crippen LogP contribution is 2.24. The van der Waals surface area contributed by atoms with E-state index in [1.54, 1.807) is 18.3 Å². The van der Waals surface area contributed by atoms with Crippen LogP contribution in [-0.4, -0.2) is 35.0 Å². The SMILES string of the molecule is CCNC(=NCc1scnc1C)NC(C)c1nc(C)c(C(=O)OCC)s1. The number of carbonyl (C=O) groups is 1. The lowest BCUT2D eigenvalue weighted by atomic mass is 10.3. The van der Waals surface area contributed by atoms with Gasteiger partial charge in [-0.25, -0.2) is 19.8 Å². The number of hydrogen-bond acceptors (Lipinski definition) is 7. The molecule has 0 fully saturated rings. The monoisotopic (exact) mass is 395 g/mol. The molecule has 0 saturated heterocycles. The van der Waals surface area contributed by atoms with Crippen molar-refractivity contribution in [3.63, 3.8) is 0 Å². The number of aliphatic imine (C=N–C) groups is 1. The fourth-order valence-corrected chi connectivity index (χ4v) is 3.87. The van der Waals surface area contributed by atoms with Crippen LogP contribution in [0.15, 0.2) is 10.5 Å². The number of carbonyl (C=O) groups excluding carboxylic acids is 1. The van der Waals surface area contributed by atoms with E-state index in [0.717, 1.165) is 22.1 Å². The number of thiazole rings is 2. The second-order valence-corrected chi connectivity index (χ2v) is 7.58. The first kappa shape index (κ1) is 20.3. The van der Waals surface area contributed by atoms with Crippen LogP contribution >= 0.6 is 22.7 Å². The van der Waals surface area contributed by atoms with Gasteiger partial charge < -0.3 is 15.4 Å². The molecular weight excluding hydrogens is 370 g/mol. The number of nitrogens with one attached hydrogen (secondary N) is 2. The Morgan fingerprint density at radius 2 is 2.12 bits per heavy atom. The number of esters is 1. The van der Waals surface area contributed by atoms with Gasteiger partial charge in [-0.15, -0.1) is 22.7 Å². The van der Waals surface area contributed by atoms with Crippen LogP contribution in [0.4, 0.5) is 0 Å². The number of nitrogens with zero attached hydrogens (tertiary/aromatic N) is 3. The van der Waals surface area contributed by atoms with Crippen LogP contribution < -0.4 is 10.6 Å². The molecule has 1 unspecified atom stereocenters. The van der Waals surface area contributed by atoms with Crippen LogP contribution in [0, 0.1) is 13.8 Å². The van der Waals surface area contributed by atoms with Crippen LogP contribution in [0.25, 0.3) is 0 Å². The Balaban J connectivity index is 2.09. The molecule has 1 atom stereocenters. The molecule has 7 nitrogen and oxygen atoms in total. The number of rotatable bonds is 7. The molecule has 0 spiro atoms. The average Bonchev–Trinajstić information content (AvgIpc) is 3.19. The zero-order valence-corrected chi connectivity index (χ0v) is 17.4. The predicted octanol–water partition coefficient (Wildman–Crippen LogP) is 3.21. The number of ether oxygens (including phenoxy) is 1. The van der Waals surface area contributed by atoms with Crippen LogP contribution in [0.3, 0.4) is 0 Å². The van der Waals surface area contributed by atoms with Gasteiger partial charge in [-0.05, 0) is 34.6 Å². The van der Waals surface area contributed by atoms with Crippen molar-refractivity contribution in [2.45, 2.75) is 47.2 Å². The lowest BCUT2D eigenvalue weighted by Gasteiger charge is -2.15. The van der Waals surface area contributed by atoms with Crippen LogP contribution in [0.2, 0.25) is 0 Å². The van der Waals surface area contributed by atoms with E-state index in [4.69, 9.17) is 4.74 Å². The molecule has 26 heavy (non-hydrogen) atoms. The van der Waals surface area contributed by atoms with E-state index in [1.807, 2.05) is 33.2 Å². The van der Waals surface area contributed by atoms with Gasteiger partial charge in [-0.3, -0.25) is 0 Å². The molecule has 2 N–H and O–H groups in total. The van der Waals surface area contributed by atoms with Gasteiger partial charge in [0, 0.05) is 11.4 Å². The topological polar surface area (TPSA) is 88.5 Å². The van der Waals surface area contributed by atoms with Crippen molar-refractivity contribution >= 4 is 34.6 Å². The van der Waals surface area contributed by atoms with Gasteiger partial charge in [0.1, 0.15) is 9.88 Å². The Kier molecular flexibility index (Phi) is 7.52. The highest BCUT2D eigenvalue weighted by atomic mass is 32.1. The summed E-state index contributed by atoms with van der Waals surface area (Å²) >= 11 is 2.96. The van der Waals surface area contributed by atoms with Crippen molar-refractivity contribution in [3.05, 3.63) is 31.7 Å². The molecule has 2 heterocycles. The molecule has 0 aliphatic carbocycles. The zero-order valence-electron chi connectivity index (χ0n) is 15.8. The van der Waals surface area contributed by atoms with E-state index in [1.165, 1.54) is 11.3 Å². The van der Waals surface area contributed by atoms with E-state index in [2.05, 4.69) is 25.6 Å². The maximum absolute atomic E-state index is 12.0. The second kappa shape index (κ2) is 9.63. The highest BCUT2D eigenvalue weighted by Gasteiger charge is 2.20. The second-order valence-electron chi connectivity index (χ2n) is 5.61. The Morgan fingerprint density at radius 3 is 2.73 bits per heavy atom. The molecule has 0 radical (unpaired) electrons. The van der Waals surface area contributed by atoms with Gasteiger partial charge in [0.25, 0.3) is 0 Å². The molecule has 0 bridgehead atoms. The molecule has 9 heteroatoms. The number of aromatic nitrogens is 2. The number of guanidine groups is 1. The minimum Gasteiger partial charge on any atom is -0.462 e. The van der Waals surface area contributed by atoms with Crippen LogP contribution in [-0.2, 0) is 11.3 Å². The molecular formula is C17H25N5O2S2. The van der Waals surface area contributed by atoms with Gasteiger partial charge in [0.05, 0.1) is 36.1 Å². The maximum Gasteiger partial charge on any atom is 0.350 e. The third-order valence-electron chi connectivity index (χ3n) is 3.57. The molecule has 0 saturated carbocycles. The predicted molar refractivity (Wildman–Crippen MR) is 106 cm³/mol. The molecule has 0 aromatic carbocycles. The third kappa shape index (κ3) is 5.25. The summed E-state index contributed by atoms with van der Waals surface area (Å²) in [4.78, 5) is 27.1. The van der Waals surface area contributed by atoms with Crippen molar-refractivity contribution < 1.29 is 9.53 Å². The standard InChI is InChI=1S/C17H25N5O2S2/c1-6-18-17(19-8-13-10(3)20-9-25-13)22-12(5)15-21-11(4)14(26-15)16(23)24-7-2/h9,12H,6-8H2,1-5H3,(H2,18,19,22). The van der Waals surface area contributed by atoms with Crippen molar-refractivity contribution in [2.75, 3.05) is 13.2 Å². The molecule has 2 aromatic rings. The molecule has 2 aromatic heterocycles. The van der Waals surface area contributed by atoms with Crippen molar-refractivity contribution in [1.29, 1.82) is 0 Å². The quantitative estimate of drug-likeness (QED) is 0.425. The molecule has 142 valence electrons. The van der Waals surface area contributed by atoms with Crippen molar-refractivity contribution in [3.8, 4) is 0 Å². The van der Waals surface area contributed by atoms with Crippen molar-refractivity contribution in [2.24, 2.45) is 4.99 Å². The summed E-state index contributed by atoms with van der Waals surface area (Å²) in [6.07, 6.45) is 0. The van der Waals surface area contributed by atoms with Gasteiger partial charge >= 0.3 is 5.97 Å². The van der Waals surface area contributed by atoms with Gasteiger partial charge in [0.2, 0.25) is 0 Å². The van der Waals surface area contributed by atoms with E-state index in [9.17, 15) is 4.79 Å². The lowest BCUT2D eigenvalue weighted by molar-refractivity contribution is 0.0531. The average molecular weight is 396 g/mol. The molecule has 0 aliphatic heterocycles. The summed E-state index contributed by atoms with van der Waals surface area (Å²) < 4.78 is 5.08. The number of hydrogen-bond donors (Lipinski definition) is 2. The lowest BCUT2D eigenvalue weighted by Crippen LogP contribution is -2.38. The molecule has 0 aliphatic rings. The first-order chi connectivity index (χ1) is 12.5. The summed E-state index contributed by atoms with van der Waals surface area (Å²) in [5.74, 6) is 0.389. The molecule has 0 amide bonds. The Labute approximate surface area is 161 Å². The van der Waals surface area contributed by atoms with E-state index >= 15 is 0 Å². The fourth-order valence-electron chi connectivity index (χ4n) is 2.20.